The summed E-state index contributed by atoms with van der Waals surface area (Å²) in [7, 11) is 0. The van der Waals surface area contributed by atoms with Crippen molar-refractivity contribution in [1.29, 1.82) is 0 Å². The molecular formula is C23H25N3O2S. The lowest BCUT2D eigenvalue weighted by Gasteiger charge is -2.04. The summed E-state index contributed by atoms with van der Waals surface area (Å²) in [4.78, 5) is 12.1. The van der Waals surface area contributed by atoms with Crippen molar-refractivity contribution in [3.05, 3.63) is 89.6 Å². The number of anilines is 1. The summed E-state index contributed by atoms with van der Waals surface area (Å²) in [6, 6.07) is 20.2. The van der Waals surface area contributed by atoms with E-state index in [1.807, 2.05) is 78.3 Å². The Morgan fingerprint density at radius 2 is 1.86 bits per heavy atom. The molecule has 0 aliphatic carbocycles. The van der Waals surface area contributed by atoms with E-state index in [-0.39, 0.29) is 5.91 Å². The fourth-order valence-electron chi connectivity index (χ4n) is 2.61. The van der Waals surface area contributed by atoms with Gasteiger partial charge in [-0.2, -0.15) is 5.10 Å². The molecular weight excluding hydrogens is 382 g/mol. The normalized spacial score (nSPS) is 11.0. The Labute approximate surface area is 175 Å². The van der Waals surface area contributed by atoms with E-state index < -0.39 is 0 Å². The molecule has 29 heavy (non-hydrogen) atoms. The van der Waals surface area contributed by atoms with Crippen LogP contribution < -0.4 is 5.32 Å². The number of aromatic nitrogens is 2. The average molecular weight is 408 g/mol. The van der Waals surface area contributed by atoms with E-state index in [0.717, 1.165) is 16.9 Å². The maximum absolute atomic E-state index is 12.1. The van der Waals surface area contributed by atoms with Crippen LogP contribution in [0.5, 0.6) is 0 Å². The van der Waals surface area contributed by atoms with E-state index in [1.54, 1.807) is 22.6 Å². The van der Waals surface area contributed by atoms with E-state index in [9.17, 15) is 4.79 Å². The molecule has 150 valence electrons. The lowest BCUT2D eigenvalue weighted by Crippen LogP contribution is -2.11. The molecule has 0 saturated carbocycles. The van der Waals surface area contributed by atoms with Crippen LogP contribution in [0.15, 0.2) is 78.5 Å². The highest BCUT2D eigenvalue weighted by Crippen LogP contribution is 2.11. The molecule has 0 aliphatic heterocycles. The van der Waals surface area contributed by atoms with Crippen LogP contribution in [-0.4, -0.2) is 28.0 Å². The molecule has 6 heteroatoms. The predicted molar refractivity (Wildman–Crippen MR) is 120 cm³/mol. The summed E-state index contributed by atoms with van der Waals surface area (Å²) in [5, 5.41) is 9.17. The van der Waals surface area contributed by atoms with Gasteiger partial charge in [0.2, 0.25) is 5.91 Å². The number of hydrogen-bond acceptors (Lipinski definition) is 4. The SMILES string of the molecule is O=C(CCS/C=C\c1ccccc1)Nc1cnn(CCOCc2ccccc2)c1. The molecule has 1 N–H and O–H groups in total. The molecule has 0 unspecified atom stereocenters. The van der Waals surface area contributed by atoms with Gasteiger partial charge in [0.1, 0.15) is 0 Å². The molecule has 0 radical (unpaired) electrons. The minimum atomic E-state index is -0.00881. The average Bonchev–Trinajstić information content (AvgIpc) is 3.19. The lowest BCUT2D eigenvalue weighted by molar-refractivity contribution is -0.115. The van der Waals surface area contributed by atoms with Gasteiger partial charge in [0, 0.05) is 18.4 Å². The monoisotopic (exact) mass is 407 g/mol. The van der Waals surface area contributed by atoms with E-state index >= 15 is 0 Å². The number of nitrogens with one attached hydrogen (secondary N) is 1. The summed E-state index contributed by atoms with van der Waals surface area (Å²) in [6.45, 7) is 1.79. The first-order chi connectivity index (χ1) is 14.3. The Kier molecular flexibility index (Phi) is 8.56. The molecule has 0 atom stereocenters. The van der Waals surface area contributed by atoms with Crippen molar-refractivity contribution >= 4 is 29.4 Å². The van der Waals surface area contributed by atoms with Gasteiger partial charge in [-0.1, -0.05) is 60.7 Å². The Balaban J connectivity index is 1.29. The van der Waals surface area contributed by atoms with Crippen molar-refractivity contribution in [2.75, 3.05) is 17.7 Å². The third-order valence-corrected chi connectivity index (χ3v) is 4.86. The third-order valence-electron chi connectivity index (χ3n) is 4.10. The van der Waals surface area contributed by atoms with Gasteiger partial charge in [0.25, 0.3) is 0 Å². The standard InChI is InChI=1S/C23H25N3O2S/c27-23(12-16-29-15-11-20-7-3-1-4-8-20)25-22-17-24-26(18-22)13-14-28-19-21-9-5-2-6-10-21/h1-11,15,17-18H,12-14,16,19H2,(H,25,27)/b15-11-. The van der Waals surface area contributed by atoms with Crippen molar-refractivity contribution in [2.45, 2.75) is 19.6 Å². The predicted octanol–water partition coefficient (Wildman–Crippen LogP) is 4.83. The summed E-state index contributed by atoms with van der Waals surface area (Å²) in [5.41, 5.74) is 3.02. The van der Waals surface area contributed by atoms with Gasteiger partial charge in [-0.05, 0) is 22.6 Å². The Hall–Kier alpha value is -2.83. The summed E-state index contributed by atoms with van der Waals surface area (Å²) >= 11 is 1.63. The quantitative estimate of drug-likeness (QED) is 0.463. The third kappa shape index (κ3) is 7.97. The number of thioether (sulfide) groups is 1. The second-order valence-corrected chi connectivity index (χ2v) is 7.43. The van der Waals surface area contributed by atoms with Crippen molar-refractivity contribution in [3.63, 3.8) is 0 Å². The van der Waals surface area contributed by atoms with Gasteiger partial charge in [0.05, 0.1) is 31.6 Å². The molecule has 0 fully saturated rings. The molecule has 2 aromatic carbocycles. The zero-order valence-electron chi connectivity index (χ0n) is 16.2. The highest BCUT2D eigenvalue weighted by Gasteiger charge is 2.04. The highest BCUT2D eigenvalue weighted by molar-refractivity contribution is 8.02. The highest BCUT2D eigenvalue weighted by atomic mass is 32.2. The number of rotatable bonds is 11. The minimum Gasteiger partial charge on any atom is -0.375 e. The van der Waals surface area contributed by atoms with Gasteiger partial charge in [0.15, 0.2) is 0 Å². The van der Waals surface area contributed by atoms with Gasteiger partial charge < -0.3 is 10.1 Å². The van der Waals surface area contributed by atoms with Gasteiger partial charge in [-0.3, -0.25) is 9.48 Å². The summed E-state index contributed by atoms with van der Waals surface area (Å²) < 4.78 is 7.44. The molecule has 0 spiro atoms. The van der Waals surface area contributed by atoms with E-state index in [4.69, 9.17) is 4.74 Å². The molecule has 3 aromatic rings. The van der Waals surface area contributed by atoms with Gasteiger partial charge >= 0.3 is 0 Å². The first-order valence-corrected chi connectivity index (χ1v) is 10.6. The number of hydrogen-bond donors (Lipinski definition) is 1. The van der Waals surface area contributed by atoms with Crippen LogP contribution in [0.2, 0.25) is 0 Å². The second-order valence-electron chi connectivity index (χ2n) is 6.41. The number of ether oxygens (including phenoxy) is 1. The van der Waals surface area contributed by atoms with Crippen molar-refractivity contribution in [3.8, 4) is 0 Å². The van der Waals surface area contributed by atoms with Crippen molar-refractivity contribution in [1.82, 2.24) is 9.78 Å². The smallest absolute Gasteiger partial charge is 0.225 e. The molecule has 0 saturated heterocycles. The first kappa shape index (κ1) is 20.9. The number of carbonyl (C=O) groups excluding carboxylic acids is 1. The zero-order valence-corrected chi connectivity index (χ0v) is 17.1. The van der Waals surface area contributed by atoms with E-state index in [1.165, 1.54) is 0 Å². The van der Waals surface area contributed by atoms with Crippen LogP contribution in [-0.2, 0) is 22.7 Å². The van der Waals surface area contributed by atoms with Crippen molar-refractivity contribution < 1.29 is 9.53 Å². The fourth-order valence-corrected chi connectivity index (χ4v) is 3.30. The van der Waals surface area contributed by atoms with Crippen LogP contribution in [0.4, 0.5) is 5.69 Å². The van der Waals surface area contributed by atoms with E-state index in [2.05, 4.69) is 10.4 Å². The number of nitrogens with zero attached hydrogens (tertiary/aromatic N) is 2. The topological polar surface area (TPSA) is 56.2 Å². The maximum atomic E-state index is 12.1. The zero-order chi connectivity index (χ0) is 20.2. The second kappa shape index (κ2) is 11.9. The van der Waals surface area contributed by atoms with Crippen LogP contribution in [0, 0.1) is 0 Å². The number of amides is 1. The molecule has 1 heterocycles. The van der Waals surface area contributed by atoms with Crippen LogP contribution >= 0.6 is 11.8 Å². The molecule has 3 rings (SSSR count). The maximum Gasteiger partial charge on any atom is 0.225 e. The fraction of sp³-hybridized carbons (Fsp3) is 0.217. The lowest BCUT2D eigenvalue weighted by atomic mass is 10.2. The van der Waals surface area contributed by atoms with Crippen molar-refractivity contribution in [2.24, 2.45) is 0 Å². The minimum absolute atomic E-state index is 0.00881. The van der Waals surface area contributed by atoms with Crippen LogP contribution in [0.1, 0.15) is 17.5 Å². The Morgan fingerprint density at radius 1 is 1.10 bits per heavy atom. The van der Waals surface area contributed by atoms with Crippen LogP contribution in [0.3, 0.4) is 0 Å². The molecule has 0 aliphatic rings. The van der Waals surface area contributed by atoms with Crippen LogP contribution in [0.25, 0.3) is 6.08 Å². The Morgan fingerprint density at radius 3 is 2.66 bits per heavy atom. The van der Waals surface area contributed by atoms with E-state index in [0.29, 0.717) is 31.9 Å². The first-order valence-electron chi connectivity index (χ1n) is 9.57. The molecule has 5 nitrogen and oxygen atoms in total. The Bertz CT molecular complexity index is 895. The number of benzene rings is 2. The van der Waals surface area contributed by atoms with Gasteiger partial charge in [-0.15, -0.1) is 11.8 Å². The molecule has 0 bridgehead atoms. The molecule has 1 amide bonds. The summed E-state index contributed by atoms with van der Waals surface area (Å²) in [6.07, 6.45) is 5.99. The number of carbonyl (C=O) groups is 1. The summed E-state index contributed by atoms with van der Waals surface area (Å²) in [5.74, 6) is 0.724. The largest absolute Gasteiger partial charge is 0.375 e. The molecule has 1 aromatic heterocycles. The van der Waals surface area contributed by atoms with Gasteiger partial charge in [-0.25, -0.2) is 0 Å².